The molecule has 2 nitrogen and oxygen atoms in total. The van der Waals surface area contributed by atoms with Crippen molar-refractivity contribution in [1.29, 1.82) is 0 Å². The van der Waals surface area contributed by atoms with Gasteiger partial charge in [0.1, 0.15) is 5.60 Å². The van der Waals surface area contributed by atoms with Crippen LogP contribution in [0.25, 0.3) is 0 Å². The van der Waals surface area contributed by atoms with Gasteiger partial charge in [0, 0.05) is 13.0 Å². The highest BCUT2D eigenvalue weighted by atomic mass is 16.5. The molecule has 0 N–H and O–H groups in total. The first-order valence-electron chi connectivity index (χ1n) is 7.22. The third-order valence-corrected chi connectivity index (χ3v) is 4.71. The van der Waals surface area contributed by atoms with E-state index in [1.807, 2.05) is 0 Å². The number of carbonyl (C=O) groups is 1. The maximum absolute atomic E-state index is 12.6. The summed E-state index contributed by atoms with van der Waals surface area (Å²) in [6, 6.07) is 0. The van der Waals surface area contributed by atoms with Crippen molar-refractivity contribution in [2.24, 2.45) is 11.8 Å². The van der Waals surface area contributed by atoms with Gasteiger partial charge in [-0.05, 0) is 31.6 Å². The Balaban J connectivity index is 2.73. The van der Waals surface area contributed by atoms with Crippen LogP contribution in [0.3, 0.4) is 0 Å². The number of hydrogen-bond acceptors (Lipinski definition) is 2. The summed E-state index contributed by atoms with van der Waals surface area (Å²) in [5.74, 6) is 1.36. The summed E-state index contributed by atoms with van der Waals surface area (Å²) in [5.41, 5.74) is -0.514. The standard InChI is InChI=1S/C15H28O2/c1-5-12-9-8-10-13(11-12)14(16)15(6-2,7-3)17-4/h12-13H,5-11H2,1-4H3. The van der Waals surface area contributed by atoms with E-state index in [1.165, 1.54) is 19.3 Å². The van der Waals surface area contributed by atoms with Crippen LogP contribution in [0.1, 0.15) is 65.7 Å². The molecule has 100 valence electrons. The Morgan fingerprint density at radius 2 is 1.88 bits per heavy atom. The van der Waals surface area contributed by atoms with Crippen LogP contribution >= 0.6 is 0 Å². The molecule has 17 heavy (non-hydrogen) atoms. The molecule has 1 aliphatic carbocycles. The van der Waals surface area contributed by atoms with E-state index in [4.69, 9.17) is 4.74 Å². The maximum Gasteiger partial charge on any atom is 0.167 e. The predicted octanol–water partition coefficient (Wildman–Crippen LogP) is 3.98. The monoisotopic (exact) mass is 240 g/mol. The number of ether oxygens (including phenoxy) is 1. The number of Topliss-reactive ketones (excluding diaryl/α,β-unsaturated/α-hetero) is 1. The number of carbonyl (C=O) groups excluding carboxylic acids is 1. The Bertz CT molecular complexity index is 235. The van der Waals surface area contributed by atoms with E-state index in [9.17, 15) is 4.79 Å². The number of rotatable bonds is 6. The highest BCUT2D eigenvalue weighted by Gasteiger charge is 2.40. The molecule has 0 radical (unpaired) electrons. The van der Waals surface area contributed by atoms with Crippen LogP contribution in [0.5, 0.6) is 0 Å². The van der Waals surface area contributed by atoms with Crippen molar-refractivity contribution in [3.8, 4) is 0 Å². The average molecular weight is 240 g/mol. The first kappa shape index (κ1) is 14.7. The summed E-state index contributed by atoms with van der Waals surface area (Å²) in [4.78, 5) is 12.6. The van der Waals surface area contributed by atoms with Gasteiger partial charge in [-0.15, -0.1) is 0 Å². The van der Waals surface area contributed by atoms with E-state index >= 15 is 0 Å². The van der Waals surface area contributed by atoms with Gasteiger partial charge in [0.05, 0.1) is 0 Å². The van der Waals surface area contributed by atoms with Crippen molar-refractivity contribution in [1.82, 2.24) is 0 Å². The van der Waals surface area contributed by atoms with E-state index in [1.54, 1.807) is 7.11 Å². The lowest BCUT2D eigenvalue weighted by Gasteiger charge is -2.36. The summed E-state index contributed by atoms with van der Waals surface area (Å²) >= 11 is 0. The maximum atomic E-state index is 12.6. The van der Waals surface area contributed by atoms with Crippen molar-refractivity contribution < 1.29 is 9.53 Å². The molecule has 2 heteroatoms. The highest BCUT2D eigenvalue weighted by Crippen LogP contribution is 2.36. The van der Waals surface area contributed by atoms with E-state index in [2.05, 4.69) is 20.8 Å². The molecule has 2 unspecified atom stereocenters. The lowest BCUT2D eigenvalue weighted by Crippen LogP contribution is -2.44. The molecule has 0 bridgehead atoms. The summed E-state index contributed by atoms with van der Waals surface area (Å²) in [6.07, 6.45) is 7.47. The molecule has 0 aromatic rings. The van der Waals surface area contributed by atoms with Crippen molar-refractivity contribution in [3.63, 3.8) is 0 Å². The SMILES string of the molecule is CCC1CCCC(C(=O)C(CC)(CC)OC)C1. The van der Waals surface area contributed by atoms with E-state index in [0.29, 0.717) is 5.78 Å². The molecule has 1 rings (SSSR count). The largest absolute Gasteiger partial charge is 0.370 e. The predicted molar refractivity (Wildman–Crippen MR) is 71.1 cm³/mol. The van der Waals surface area contributed by atoms with Gasteiger partial charge in [-0.1, -0.05) is 40.0 Å². The molecular formula is C15H28O2. The molecule has 1 aliphatic rings. The van der Waals surface area contributed by atoms with Gasteiger partial charge in [0.2, 0.25) is 0 Å². The second kappa shape index (κ2) is 6.53. The Morgan fingerprint density at radius 1 is 1.24 bits per heavy atom. The van der Waals surface area contributed by atoms with Gasteiger partial charge in [-0.2, -0.15) is 0 Å². The van der Waals surface area contributed by atoms with Crippen LogP contribution in [0.15, 0.2) is 0 Å². The van der Waals surface area contributed by atoms with Crippen LogP contribution in [0.4, 0.5) is 0 Å². The molecule has 1 saturated carbocycles. The van der Waals surface area contributed by atoms with Crippen molar-refractivity contribution >= 4 is 5.78 Å². The average Bonchev–Trinajstić information content (AvgIpc) is 2.41. The topological polar surface area (TPSA) is 26.3 Å². The summed E-state index contributed by atoms with van der Waals surface area (Å²) < 4.78 is 5.57. The van der Waals surface area contributed by atoms with Crippen LogP contribution in [-0.2, 0) is 9.53 Å². The molecule has 2 atom stereocenters. The quantitative estimate of drug-likeness (QED) is 0.702. The Labute approximate surface area is 106 Å². The van der Waals surface area contributed by atoms with Gasteiger partial charge in [-0.25, -0.2) is 0 Å². The minimum atomic E-state index is -0.514. The highest BCUT2D eigenvalue weighted by molar-refractivity contribution is 5.89. The van der Waals surface area contributed by atoms with Gasteiger partial charge in [0.15, 0.2) is 5.78 Å². The Morgan fingerprint density at radius 3 is 2.35 bits per heavy atom. The second-order valence-corrected chi connectivity index (χ2v) is 5.41. The fourth-order valence-corrected chi connectivity index (χ4v) is 3.26. The third-order valence-electron chi connectivity index (χ3n) is 4.71. The fourth-order valence-electron chi connectivity index (χ4n) is 3.26. The van der Waals surface area contributed by atoms with Crippen LogP contribution in [-0.4, -0.2) is 18.5 Å². The number of hydrogen-bond donors (Lipinski definition) is 0. The normalized spacial score (nSPS) is 25.9. The minimum Gasteiger partial charge on any atom is -0.370 e. The summed E-state index contributed by atoms with van der Waals surface area (Å²) in [7, 11) is 1.69. The smallest absolute Gasteiger partial charge is 0.167 e. The molecule has 0 heterocycles. The molecule has 0 aromatic heterocycles. The van der Waals surface area contributed by atoms with Gasteiger partial charge >= 0.3 is 0 Å². The van der Waals surface area contributed by atoms with Gasteiger partial charge in [-0.3, -0.25) is 4.79 Å². The summed E-state index contributed by atoms with van der Waals surface area (Å²) in [6.45, 7) is 6.36. The first-order chi connectivity index (χ1) is 8.13. The summed E-state index contributed by atoms with van der Waals surface area (Å²) in [5, 5.41) is 0. The van der Waals surface area contributed by atoms with Crippen molar-refractivity contribution in [2.45, 2.75) is 71.3 Å². The second-order valence-electron chi connectivity index (χ2n) is 5.41. The molecule has 0 amide bonds. The van der Waals surface area contributed by atoms with E-state index < -0.39 is 5.60 Å². The Kier molecular flexibility index (Phi) is 5.64. The molecule has 1 fully saturated rings. The van der Waals surface area contributed by atoms with Crippen molar-refractivity contribution in [3.05, 3.63) is 0 Å². The van der Waals surface area contributed by atoms with Crippen molar-refractivity contribution in [2.75, 3.05) is 7.11 Å². The van der Waals surface area contributed by atoms with E-state index in [0.717, 1.165) is 31.6 Å². The zero-order valence-corrected chi connectivity index (χ0v) is 11.9. The third kappa shape index (κ3) is 3.09. The minimum absolute atomic E-state index is 0.244. The van der Waals surface area contributed by atoms with E-state index in [-0.39, 0.29) is 5.92 Å². The van der Waals surface area contributed by atoms with Crippen LogP contribution < -0.4 is 0 Å². The lowest BCUT2D eigenvalue weighted by atomic mass is 9.73. The zero-order valence-electron chi connectivity index (χ0n) is 11.9. The molecule has 0 saturated heterocycles. The molecule has 0 spiro atoms. The molecule has 0 aromatic carbocycles. The number of methoxy groups -OCH3 is 1. The zero-order chi connectivity index (χ0) is 12.9. The fraction of sp³-hybridized carbons (Fsp3) is 0.933. The van der Waals surface area contributed by atoms with Crippen LogP contribution in [0.2, 0.25) is 0 Å². The lowest BCUT2D eigenvalue weighted by molar-refractivity contribution is -0.148. The van der Waals surface area contributed by atoms with Gasteiger partial charge < -0.3 is 4.74 Å². The van der Waals surface area contributed by atoms with Gasteiger partial charge in [0.25, 0.3) is 0 Å². The van der Waals surface area contributed by atoms with Crippen LogP contribution in [0, 0.1) is 11.8 Å². The Hall–Kier alpha value is -0.370. The molecule has 0 aliphatic heterocycles. The first-order valence-corrected chi connectivity index (χ1v) is 7.22. The molecular weight excluding hydrogens is 212 g/mol. The number of ketones is 1.